The molecule has 0 saturated heterocycles. The zero-order valence-corrected chi connectivity index (χ0v) is 16.1. The number of hydrogen-bond acceptors (Lipinski definition) is 5. The van der Waals surface area contributed by atoms with Crippen LogP contribution >= 0.6 is 0 Å². The SMILES string of the molecule is CCn1cc(-c2ccc3c(c2)ncn3-c2cc(OC)c(CO)c(OC)c2)cn1. The first kappa shape index (κ1) is 18.1. The van der Waals surface area contributed by atoms with Gasteiger partial charge < -0.3 is 14.6 Å². The zero-order chi connectivity index (χ0) is 19.7. The van der Waals surface area contributed by atoms with Gasteiger partial charge in [0.15, 0.2) is 0 Å². The Bertz CT molecular complexity index is 1100. The minimum atomic E-state index is -0.161. The predicted molar refractivity (Wildman–Crippen MR) is 107 cm³/mol. The van der Waals surface area contributed by atoms with Crippen molar-refractivity contribution in [1.82, 2.24) is 19.3 Å². The molecule has 1 N–H and O–H groups in total. The predicted octanol–water partition coefficient (Wildman–Crippen LogP) is 3.42. The van der Waals surface area contributed by atoms with Crippen LogP contribution in [0.5, 0.6) is 11.5 Å². The molecule has 0 spiro atoms. The Kier molecular flexibility index (Phi) is 4.75. The van der Waals surface area contributed by atoms with Crippen LogP contribution in [0.1, 0.15) is 12.5 Å². The van der Waals surface area contributed by atoms with Gasteiger partial charge in [0, 0.05) is 30.4 Å². The topological polar surface area (TPSA) is 74.3 Å². The average Bonchev–Trinajstić information content (AvgIpc) is 3.39. The fourth-order valence-corrected chi connectivity index (χ4v) is 3.35. The third kappa shape index (κ3) is 2.99. The lowest BCUT2D eigenvalue weighted by Gasteiger charge is -2.14. The molecule has 4 rings (SSSR count). The van der Waals surface area contributed by atoms with E-state index in [1.54, 1.807) is 20.5 Å². The van der Waals surface area contributed by atoms with E-state index < -0.39 is 0 Å². The number of aliphatic hydroxyl groups is 1. The third-order valence-corrected chi connectivity index (χ3v) is 4.87. The van der Waals surface area contributed by atoms with Gasteiger partial charge in [0.05, 0.1) is 49.3 Å². The normalized spacial score (nSPS) is 11.1. The van der Waals surface area contributed by atoms with Crippen molar-refractivity contribution in [1.29, 1.82) is 0 Å². The maximum absolute atomic E-state index is 9.63. The molecule has 7 heteroatoms. The van der Waals surface area contributed by atoms with Crippen LogP contribution in [0.25, 0.3) is 27.8 Å². The molecule has 0 atom stereocenters. The highest BCUT2D eigenvalue weighted by molar-refractivity contribution is 5.83. The maximum atomic E-state index is 9.63. The summed E-state index contributed by atoms with van der Waals surface area (Å²) in [6, 6.07) is 9.90. The molecule has 0 aliphatic carbocycles. The zero-order valence-electron chi connectivity index (χ0n) is 16.1. The number of methoxy groups -OCH3 is 2. The molecule has 4 aromatic rings. The van der Waals surface area contributed by atoms with Gasteiger partial charge >= 0.3 is 0 Å². The monoisotopic (exact) mass is 378 g/mol. The molecule has 2 heterocycles. The first-order chi connectivity index (χ1) is 13.7. The number of aromatic nitrogens is 4. The van der Waals surface area contributed by atoms with E-state index in [-0.39, 0.29) is 6.61 Å². The Morgan fingerprint density at radius 1 is 1.04 bits per heavy atom. The number of ether oxygens (including phenoxy) is 2. The van der Waals surface area contributed by atoms with Crippen molar-refractivity contribution >= 4 is 11.0 Å². The molecule has 2 aromatic heterocycles. The van der Waals surface area contributed by atoms with Crippen molar-refractivity contribution in [2.24, 2.45) is 0 Å². The third-order valence-electron chi connectivity index (χ3n) is 4.87. The molecule has 28 heavy (non-hydrogen) atoms. The van der Waals surface area contributed by atoms with Gasteiger partial charge in [-0.3, -0.25) is 9.25 Å². The van der Waals surface area contributed by atoms with Crippen LogP contribution in [-0.2, 0) is 13.2 Å². The Morgan fingerprint density at radius 2 is 1.79 bits per heavy atom. The van der Waals surface area contributed by atoms with Crippen molar-refractivity contribution in [3.63, 3.8) is 0 Å². The summed E-state index contributed by atoms with van der Waals surface area (Å²) in [7, 11) is 3.15. The lowest BCUT2D eigenvalue weighted by atomic mass is 10.1. The standard InChI is InChI=1S/C21H22N4O3/c1-4-24-11-15(10-23-24)14-5-6-19-18(7-14)22-13-25(19)16-8-20(27-2)17(12-26)21(9-16)28-3/h5-11,13,26H,4,12H2,1-3H3. The molecule has 0 amide bonds. The van der Waals surface area contributed by atoms with E-state index in [1.807, 2.05) is 39.8 Å². The number of fused-ring (bicyclic) bond motifs is 1. The fourth-order valence-electron chi connectivity index (χ4n) is 3.35. The number of rotatable bonds is 6. The van der Waals surface area contributed by atoms with Crippen LogP contribution in [0.15, 0.2) is 49.1 Å². The molecule has 0 aliphatic rings. The smallest absolute Gasteiger partial charge is 0.130 e. The van der Waals surface area contributed by atoms with E-state index in [4.69, 9.17) is 9.47 Å². The molecule has 0 radical (unpaired) electrons. The number of aryl methyl sites for hydroxylation is 1. The van der Waals surface area contributed by atoms with E-state index in [1.165, 1.54) is 0 Å². The average molecular weight is 378 g/mol. The molecule has 2 aromatic carbocycles. The highest BCUT2D eigenvalue weighted by Crippen LogP contribution is 2.33. The van der Waals surface area contributed by atoms with Crippen LogP contribution in [0.4, 0.5) is 0 Å². The second kappa shape index (κ2) is 7.36. The van der Waals surface area contributed by atoms with Gasteiger partial charge in [-0.25, -0.2) is 4.98 Å². The van der Waals surface area contributed by atoms with Crippen molar-refractivity contribution in [3.8, 4) is 28.3 Å². The summed E-state index contributed by atoms with van der Waals surface area (Å²) in [6.07, 6.45) is 5.67. The summed E-state index contributed by atoms with van der Waals surface area (Å²) >= 11 is 0. The number of benzene rings is 2. The second-order valence-electron chi connectivity index (χ2n) is 6.39. The van der Waals surface area contributed by atoms with Gasteiger partial charge in [-0.2, -0.15) is 5.10 Å². The number of aliphatic hydroxyl groups excluding tert-OH is 1. The molecule has 7 nitrogen and oxygen atoms in total. The Hall–Kier alpha value is -3.32. The molecule has 0 bridgehead atoms. The van der Waals surface area contributed by atoms with Crippen LogP contribution in [-0.4, -0.2) is 38.7 Å². The summed E-state index contributed by atoms with van der Waals surface area (Å²) in [5.74, 6) is 1.14. The molecular weight excluding hydrogens is 356 g/mol. The first-order valence-corrected chi connectivity index (χ1v) is 9.04. The number of nitrogens with zero attached hydrogens (tertiary/aromatic N) is 4. The van der Waals surface area contributed by atoms with Crippen LogP contribution in [0.2, 0.25) is 0 Å². The van der Waals surface area contributed by atoms with E-state index >= 15 is 0 Å². The number of imidazole rings is 1. The Labute approximate surface area is 162 Å². The van der Waals surface area contributed by atoms with Gasteiger partial charge in [-0.05, 0) is 24.6 Å². The van der Waals surface area contributed by atoms with Gasteiger partial charge in [0.25, 0.3) is 0 Å². The summed E-state index contributed by atoms with van der Waals surface area (Å²) in [5.41, 5.74) is 5.45. The maximum Gasteiger partial charge on any atom is 0.130 e. The lowest BCUT2D eigenvalue weighted by molar-refractivity contribution is 0.265. The van der Waals surface area contributed by atoms with Crippen molar-refractivity contribution in [2.45, 2.75) is 20.1 Å². The summed E-state index contributed by atoms with van der Waals surface area (Å²) < 4.78 is 14.7. The van der Waals surface area contributed by atoms with Crippen LogP contribution < -0.4 is 9.47 Å². The minimum Gasteiger partial charge on any atom is -0.496 e. The first-order valence-electron chi connectivity index (χ1n) is 9.04. The Morgan fingerprint density at radius 3 is 2.39 bits per heavy atom. The van der Waals surface area contributed by atoms with Crippen molar-refractivity contribution < 1.29 is 14.6 Å². The highest BCUT2D eigenvalue weighted by Gasteiger charge is 2.15. The molecule has 0 fully saturated rings. The van der Waals surface area contributed by atoms with Gasteiger partial charge in [0.1, 0.15) is 17.8 Å². The quantitative estimate of drug-likeness (QED) is 0.556. The minimum absolute atomic E-state index is 0.161. The van der Waals surface area contributed by atoms with Crippen molar-refractivity contribution in [3.05, 3.63) is 54.6 Å². The Balaban J connectivity index is 1.80. The molecular formula is C21H22N4O3. The van der Waals surface area contributed by atoms with Gasteiger partial charge in [-0.1, -0.05) is 6.07 Å². The van der Waals surface area contributed by atoms with Gasteiger partial charge in [0.2, 0.25) is 0 Å². The van der Waals surface area contributed by atoms with Crippen LogP contribution in [0, 0.1) is 0 Å². The molecule has 144 valence electrons. The highest BCUT2D eigenvalue weighted by atomic mass is 16.5. The molecule has 0 unspecified atom stereocenters. The largest absolute Gasteiger partial charge is 0.496 e. The van der Waals surface area contributed by atoms with E-state index in [0.29, 0.717) is 17.1 Å². The lowest BCUT2D eigenvalue weighted by Crippen LogP contribution is -2.00. The van der Waals surface area contributed by atoms with Gasteiger partial charge in [-0.15, -0.1) is 0 Å². The summed E-state index contributed by atoms with van der Waals surface area (Å²) in [6.45, 7) is 2.74. The van der Waals surface area contributed by atoms with E-state index in [2.05, 4.69) is 29.1 Å². The van der Waals surface area contributed by atoms with E-state index in [0.717, 1.165) is 34.4 Å². The summed E-state index contributed by atoms with van der Waals surface area (Å²) in [4.78, 5) is 4.57. The molecule has 0 saturated carbocycles. The number of hydrogen-bond donors (Lipinski definition) is 1. The van der Waals surface area contributed by atoms with Crippen molar-refractivity contribution in [2.75, 3.05) is 14.2 Å². The fraction of sp³-hybridized carbons (Fsp3) is 0.238. The molecule has 0 aliphatic heterocycles. The van der Waals surface area contributed by atoms with E-state index in [9.17, 15) is 5.11 Å². The summed E-state index contributed by atoms with van der Waals surface area (Å²) in [5, 5.41) is 14.0. The van der Waals surface area contributed by atoms with Crippen LogP contribution in [0.3, 0.4) is 0 Å². The second-order valence-corrected chi connectivity index (χ2v) is 6.39.